The van der Waals surface area contributed by atoms with E-state index in [0.29, 0.717) is 6.42 Å². The zero-order valence-electron chi connectivity index (χ0n) is 11.9. The van der Waals surface area contributed by atoms with E-state index in [1.165, 1.54) is 0 Å². The van der Waals surface area contributed by atoms with Gasteiger partial charge in [0.1, 0.15) is 0 Å². The molecule has 4 heteroatoms. The molecule has 0 saturated heterocycles. The van der Waals surface area contributed by atoms with Gasteiger partial charge in [0.25, 0.3) is 0 Å². The predicted molar refractivity (Wildman–Crippen MR) is 82.7 cm³/mol. The summed E-state index contributed by atoms with van der Waals surface area (Å²) in [5.74, 6) is -0.548. The van der Waals surface area contributed by atoms with E-state index in [1.54, 1.807) is 12.1 Å². The maximum absolute atomic E-state index is 12.1. The van der Waals surface area contributed by atoms with Crippen LogP contribution in [-0.2, 0) is 9.63 Å². The Bertz CT molecular complexity index is 609. The summed E-state index contributed by atoms with van der Waals surface area (Å²) in [4.78, 5) is 17.1. The maximum Gasteiger partial charge on any atom is 0.342 e. The van der Waals surface area contributed by atoms with Crippen molar-refractivity contribution in [1.82, 2.24) is 0 Å². The van der Waals surface area contributed by atoms with Crippen molar-refractivity contribution >= 4 is 11.8 Å². The minimum absolute atomic E-state index is 0.187. The molecule has 4 nitrogen and oxygen atoms in total. The third-order valence-electron chi connectivity index (χ3n) is 3.20. The molecule has 108 valence electrons. The van der Waals surface area contributed by atoms with Gasteiger partial charge in [0, 0.05) is 5.56 Å². The number of benzene rings is 2. The molecule has 0 fully saturated rings. The second-order valence-electron chi connectivity index (χ2n) is 4.62. The van der Waals surface area contributed by atoms with Gasteiger partial charge in [-0.05, 0) is 12.0 Å². The largest absolute Gasteiger partial charge is 0.380 e. The number of hydrogen-bond acceptors (Lipinski definition) is 3. The van der Waals surface area contributed by atoms with Crippen LogP contribution >= 0.6 is 0 Å². The molecule has 0 amide bonds. The van der Waals surface area contributed by atoms with Gasteiger partial charge in [0.2, 0.25) is 0 Å². The highest BCUT2D eigenvalue weighted by Crippen LogP contribution is 2.20. The normalized spacial score (nSPS) is 12.7. The van der Waals surface area contributed by atoms with Crippen LogP contribution in [0.1, 0.15) is 30.4 Å². The fourth-order valence-electron chi connectivity index (χ4n) is 2.04. The molecular weight excluding hydrogens is 264 g/mol. The van der Waals surface area contributed by atoms with Gasteiger partial charge in [0.05, 0.1) is 5.92 Å². The van der Waals surface area contributed by atoms with Crippen LogP contribution in [0.2, 0.25) is 0 Å². The highest BCUT2D eigenvalue weighted by Gasteiger charge is 2.20. The van der Waals surface area contributed by atoms with Crippen LogP contribution in [0.15, 0.2) is 65.8 Å². The number of amidine groups is 1. The Kier molecular flexibility index (Phi) is 5.10. The standard InChI is InChI=1S/C17H18N2O2/c1-2-15(13-9-5-3-6-10-13)17(20)21-19-16(18)14-11-7-4-8-12-14/h3-12,15H,2H2,1H3,(H2,18,19). The molecule has 0 aliphatic carbocycles. The van der Waals surface area contributed by atoms with Crippen molar-refractivity contribution in [3.8, 4) is 0 Å². The van der Waals surface area contributed by atoms with E-state index in [0.717, 1.165) is 11.1 Å². The first-order valence-electron chi connectivity index (χ1n) is 6.87. The number of oxime groups is 1. The quantitative estimate of drug-likeness (QED) is 0.397. The fraction of sp³-hybridized carbons (Fsp3) is 0.176. The first-order valence-corrected chi connectivity index (χ1v) is 6.87. The number of nitrogens with two attached hydrogens (primary N) is 1. The molecule has 2 rings (SSSR count). The van der Waals surface area contributed by atoms with Crippen LogP contribution in [-0.4, -0.2) is 11.8 Å². The average molecular weight is 282 g/mol. The molecule has 0 aliphatic rings. The predicted octanol–water partition coefficient (Wildman–Crippen LogP) is 3.04. The minimum atomic E-state index is -0.400. The highest BCUT2D eigenvalue weighted by molar-refractivity contribution is 5.97. The molecule has 0 saturated carbocycles. The van der Waals surface area contributed by atoms with E-state index in [2.05, 4.69) is 5.16 Å². The molecule has 0 aliphatic heterocycles. The summed E-state index contributed by atoms with van der Waals surface area (Å²) in [7, 11) is 0. The lowest BCUT2D eigenvalue weighted by Crippen LogP contribution is -2.18. The lowest BCUT2D eigenvalue weighted by atomic mass is 9.97. The Morgan fingerprint density at radius 2 is 1.67 bits per heavy atom. The molecule has 21 heavy (non-hydrogen) atoms. The molecule has 2 aromatic carbocycles. The third-order valence-corrected chi connectivity index (χ3v) is 3.20. The van der Waals surface area contributed by atoms with Gasteiger partial charge in [-0.3, -0.25) is 0 Å². The van der Waals surface area contributed by atoms with E-state index >= 15 is 0 Å². The lowest BCUT2D eigenvalue weighted by Gasteiger charge is -2.11. The van der Waals surface area contributed by atoms with Gasteiger partial charge in [-0.15, -0.1) is 0 Å². The maximum atomic E-state index is 12.1. The Balaban J connectivity index is 2.07. The summed E-state index contributed by atoms with van der Waals surface area (Å²) < 4.78 is 0. The van der Waals surface area contributed by atoms with E-state index in [4.69, 9.17) is 10.6 Å². The van der Waals surface area contributed by atoms with Crippen molar-refractivity contribution in [2.75, 3.05) is 0 Å². The highest BCUT2D eigenvalue weighted by atomic mass is 16.7. The summed E-state index contributed by atoms with van der Waals surface area (Å²) in [6, 6.07) is 18.7. The molecule has 0 radical (unpaired) electrons. The average Bonchev–Trinajstić information content (AvgIpc) is 2.55. The molecule has 0 aromatic heterocycles. The first kappa shape index (κ1) is 14.8. The van der Waals surface area contributed by atoms with Gasteiger partial charge in [-0.2, -0.15) is 0 Å². The van der Waals surface area contributed by atoms with Crippen LogP contribution in [0.25, 0.3) is 0 Å². The van der Waals surface area contributed by atoms with E-state index < -0.39 is 5.97 Å². The molecule has 2 aromatic rings. The van der Waals surface area contributed by atoms with Crippen LogP contribution in [0.3, 0.4) is 0 Å². The molecule has 0 spiro atoms. The van der Waals surface area contributed by atoms with Crippen LogP contribution in [0.4, 0.5) is 0 Å². The number of nitrogens with zero attached hydrogens (tertiary/aromatic N) is 1. The van der Waals surface area contributed by atoms with Gasteiger partial charge < -0.3 is 10.6 Å². The van der Waals surface area contributed by atoms with Crippen LogP contribution in [0, 0.1) is 0 Å². The lowest BCUT2D eigenvalue weighted by molar-refractivity contribution is -0.145. The Morgan fingerprint density at radius 3 is 2.24 bits per heavy atom. The second kappa shape index (κ2) is 7.24. The van der Waals surface area contributed by atoms with E-state index in [9.17, 15) is 4.79 Å². The van der Waals surface area contributed by atoms with Crippen molar-refractivity contribution in [2.24, 2.45) is 10.9 Å². The van der Waals surface area contributed by atoms with Gasteiger partial charge in [-0.25, -0.2) is 4.79 Å². The van der Waals surface area contributed by atoms with Crippen molar-refractivity contribution < 1.29 is 9.63 Å². The third kappa shape index (κ3) is 3.92. The minimum Gasteiger partial charge on any atom is -0.380 e. The van der Waals surface area contributed by atoms with Gasteiger partial charge in [-0.1, -0.05) is 72.7 Å². The fourth-order valence-corrected chi connectivity index (χ4v) is 2.04. The smallest absolute Gasteiger partial charge is 0.342 e. The summed E-state index contributed by atoms with van der Waals surface area (Å²) in [6.45, 7) is 1.93. The monoisotopic (exact) mass is 282 g/mol. The molecule has 0 heterocycles. The van der Waals surface area contributed by atoms with Gasteiger partial charge >= 0.3 is 5.97 Å². The van der Waals surface area contributed by atoms with E-state index in [-0.39, 0.29) is 11.8 Å². The SMILES string of the molecule is CCC(C(=O)ON=C(N)c1ccccc1)c1ccccc1. The van der Waals surface area contributed by atoms with Crippen molar-refractivity contribution in [2.45, 2.75) is 19.3 Å². The second-order valence-corrected chi connectivity index (χ2v) is 4.62. The molecule has 2 N–H and O–H groups in total. The summed E-state index contributed by atoms with van der Waals surface area (Å²) in [5.41, 5.74) is 7.43. The zero-order valence-corrected chi connectivity index (χ0v) is 11.9. The number of rotatable bonds is 5. The molecule has 1 atom stereocenters. The number of carbonyl (C=O) groups is 1. The van der Waals surface area contributed by atoms with Crippen LogP contribution in [0.5, 0.6) is 0 Å². The van der Waals surface area contributed by atoms with E-state index in [1.807, 2.05) is 55.5 Å². The molecule has 1 unspecified atom stereocenters. The summed E-state index contributed by atoms with van der Waals surface area (Å²) in [6.07, 6.45) is 0.642. The summed E-state index contributed by atoms with van der Waals surface area (Å²) >= 11 is 0. The first-order chi connectivity index (χ1) is 10.2. The number of carbonyl (C=O) groups excluding carboxylic acids is 1. The van der Waals surface area contributed by atoms with Crippen LogP contribution < -0.4 is 5.73 Å². The number of hydrogen-bond donors (Lipinski definition) is 1. The molecular formula is C17H18N2O2. The molecule has 0 bridgehead atoms. The van der Waals surface area contributed by atoms with Crippen molar-refractivity contribution in [3.63, 3.8) is 0 Å². The Morgan fingerprint density at radius 1 is 1.10 bits per heavy atom. The Labute approximate surface area is 124 Å². The Hall–Kier alpha value is -2.62. The topological polar surface area (TPSA) is 64.7 Å². The van der Waals surface area contributed by atoms with Crippen molar-refractivity contribution in [3.05, 3.63) is 71.8 Å². The van der Waals surface area contributed by atoms with Gasteiger partial charge in [0.15, 0.2) is 5.84 Å². The zero-order chi connectivity index (χ0) is 15.1. The van der Waals surface area contributed by atoms with Crippen molar-refractivity contribution in [1.29, 1.82) is 0 Å². The summed E-state index contributed by atoms with van der Waals surface area (Å²) in [5, 5.41) is 3.73.